The minimum atomic E-state index is -0.754. The van der Waals surface area contributed by atoms with Crippen LogP contribution >= 0.6 is 0 Å². The molecule has 1 aromatic carbocycles. The molecule has 0 bridgehead atoms. The molecule has 0 spiro atoms. The quantitative estimate of drug-likeness (QED) is 0.424. The molecule has 5 rings (SSSR count). The topological polar surface area (TPSA) is 129 Å². The lowest BCUT2D eigenvalue weighted by Gasteiger charge is -2.27. The fourth-order valence-corrected chi connectivity index (χ4v) is 4.41. The largest absolute Gasteiger partial charge is 0.489 e. The van der Waals surface area contributed by atoms with Gasteiger partial charge in [-0.05, 0) is 56.9 Å². The zero-order chi connectivity index (χ0) is 24.4. The molecule has 0 amide bonds. The van der Waals surface area contributed by atoms with Gasteiger partial charge in [0.2, 0.25) is 0 Å². The third-order valence-electron chi connectivity index (χ3n) is 6.31. The van der Waals surface area contributed by atoms with Gasteiger partial charge < -0.3 is 14.4 Å². The van der Waals surface area contributed by atoms with E-state index in [0.29, 0.717) is 53.8 Å². The van der Waals surface area contributed by atoms with Crippen molar-refractivity contribution < 1.29 is 19.2 Å². The maximum absolute atomic E-state index is 11.4. The van der Waals surface area contributed by atoms with E-state index in [0.717, 1.165) is 24.1 Å². The second-order valence-electron chi connectivity index (χ2n) is 8.79. The predicted octanol–water partition coefficient (Wildman–Crippen LogP) is 3.85. The predicted molar refractivity (Wildman–Crippen MR) is 126 cm³/mol. The number of ether oxygens (including phenoxy) is 1. The molecule has 4 aromatic rings. The number of carboxylic acids is 1. The Morgan fingerprint density at radius 1 is 1.17 bits per heavy atom. The minimum Gasteiger partial charge on any atom is -0.489 e. The first kappa shape index (κ1) is 22.7. The third-order valence-corrected chi connectivity index (χ3v) is 6.31. The Balaban J connectivity index is 1.34. The number of hydrogen-bond donors (Lipinski definition) is 1. The van der Waals surface area contributed by atoms with E-state index in [1.165, 1.54) is 0 Å². The van der Waals surface area contributed by atoms with E-state index < -0.39 is 5.97 Å². The van der Waals surface area contributed by atoms with Gasteiger partial charge in [0, 0.05) is 12.6 Å². The second kappa shape index (κ2) is 9.65. The Hall–Kier alpha value is -4.08. The molecule has 180 valence electrons. The zero-order valence-electron chi connectivity index (χ0n) is 19.6. The molecule has 10 heteroatoms. The van der Waals surface area contributed by atoms with Crippen LogP contribution in [0.5, 0.6) is 5.75 Å². The Bertz CT molecular complexity index is 1330. The van der Waals surface area contributed by atoms with E-state index >= 15 is 0 Å². The molecule has 0 unspecified atom stereocenters. The van der Waals surface area contributed by atoms with Crippen molar-refractivity contribution in [1.29, 1.82) is 0 Å². The number of pyridine rings is 1. The van der Waals surface area contributed by atoms with E-state index in [-0.39, 0.29) is 12.0 Å². The lowest BCUT2D eigenvalue weighted by atomic mass is 9.87. The summed E-state index contributed by atoms with van der Waals surface area (Å²) in [6.07, 6.45) is 3.16. The van der Waals surface area contributed by atoms with Crippen molar-refractivity contribution in [3.63, 3.8) is 0 Å². The summed E-state index contributed by atoms with van der Waals surface area (Å²) < 4.78 is 13.3. The van der Waals surface area contributed by atoms with Crippen LogP contribution < -0.4 is 4.74 Å². The van der Waals surface area contributed by atoms with Crippen LogP contribution in [0.15, 0.2) is 47.0 Å². The smallest absolute Gasteiger partial charge is 0.306 e. The summed E-state index contributed by atoms with van der Waals surface area (Å²) in [6, 6.07) is 13.3. The fraction of sp³-hybridized carbons (Fsp3) is 0.360. The minimum absolute atomic E-state index is 0.125. The summed E-state index contributed by atoms with van der Waals surface area (Å²) >= 11 is 0. The van der Waals surface area contributed by atoms with Gasteiger partial charge in [-0.2, -0.15) is 4.98 Å². The van der Waals surface area contributed by atoms with Crippen LogP contribution in [0.1, 0.15) is 42.9 Å². The average molecular weight is 475 g/mol. The van der Waals surface area contributed by atoms with E-state index in [1.54, 1.807) is 4.68 Å². The van der Waals surface area contributed by atoms with E-state index in [9.17, 15) is 9.90 Å². The van der Waals surface area contributed by atoms with Crippen LogP contribution in [0.25, 0.3) is 22.8 Å². The number of carboxylic acid groups (broad SMARTS) is 1. The van der Waals surface area contributed by atoms with Crippen LogP contribution in [0.3, 0.4) is 0 Å². The van der Waals surface area contributed by atoms with E-state index in [1.807, 2.05) is 56.4 Å². The number of aromatic nitrogens is 6. The normalized spacial score (nSPS) is 17.9. The van der Waals surface area contributed by atoms with E-state index in [2.05, 4.69) is 20.5 Å². The van der Waals surface area contributed by atoms with Gasteiger partial charge in [-0.3, -0.25) is 9.48 Å². The summed E-state index contributed by atoms with van der Waals surface area (Å²) in [4.78, 5) is 20.6. The van der Waals surface area contributed by atoms with Gasteiger partial charge in [-0.25, -0.2) is 4.98 Å². The van der Waals surface area contributed by atoms with Crippen molar-refractivity contribution in [2.75, 3.05) is 0 Å². The van der Waals surface area contributed by atoms with Crippen molar-refractivity contribution in [3.8, 4) is 28.6 Å². The van der Waals surface area contributed by atoms with Gasteiger partial charge in [-0.15, -0.1) is 5.10 Å². The van der Waals surface area contributed by atoms with Crippen molar-refractivity contribution in [2.24, 2.45) is 13.0 Å². The molecule has 0 aliphatic heterocycles. The molecule has 0 radical (unpaired) electrons. The molecule has 0 saturated heterocycles. The van der Waals surface area contributed by atoms with Crippen LogP contribution in [-0.2, 0) is 18.3 Å². The highest BCUT2D eigenvalue weighted by atomic mass is 16.5. The SMILES string of the molecule is Cc1nc(-c2nnn(C)c2Cc2noc(-c3ccccc3)n2)ccc1O[C@H]1CCC[C@H](C(=O)O)C1. The number of aliphatic carboxylic acids is 1. The molecular weight excluding hydrogens is 448 g/mol. The number of nitrogens with zero attached hydrogens (tertiary/aromatic N) is 6. The highest BCUT2D eigenvalue weighted by Crippen LogP contribution is 2.31. The Morgan fingerprint density at radius 3 is 2.77 bits per heavy atom. The second-order valence-corrected chi connectivity index (χ2v) is 8.79. The standard InChI is InChI=1S/C25H26N6O4/c1-15-21(34-18-10-6-9-17(13-18)25(32)33)12-11-19(26-15)23-20(31(2)30-28-23)14-22-27-24(35-29-22)16-7-4-3-5-8-16/h3-5,7-8,11-12,17-18H,6,9-10,13-14H2,1-2H3,(H,32,33)/t17-,18-/m0/s1. The van der Waals surface area contributed by atoms with Gasteiger partial charge in [0.25, 0.3) is 5.89 Å². The highest BCUT2D eigenvalue weighted by molar-refractivity contribution is 5.70. The van der Waals surface area contributed by atoms with Crippen LogP contribution in [0.2, 0.25) is 0 Å². The van der Waals surface area contributed by atoms with Crippen LogP contribution in [0, 0.1) is 12.8 Å². The Morgan fingerprint density at radius 2 is 2.00 bits per heavy atom. The molecule has 2 atom stereocenters. The first-order chi connectivity index (χ1) is 17.0. The highest BCUT2D eigenvalue weighted by Gasteiger charge is 2.28. The molecule has 10 nitrogen and oxygen atoms in total. The zero-order valence-corrected chi connectivity index (χ0v) is 19.6. The van der Waals surface area contributed by atoms with Crippen molar-refractivity contribution >= 4 is 5.97 Å². The van der Waals surface area contributed by atoms with Crippen molar-refractivity contribution in [1.82, 2.24) is 30.1 Å². The van der Waals surface area contributed by atoms with Crippen molar-refractivity contribution in [2.45, 2.75) is 45.1 Å². The number of hydrogen-bond acceptors (Lipinski definition) is 8. The molecule has 3 heterocycles. The van der Waals surface area contributed by atoms with Crippen LogP contribution in [-0.4, -0.2) is 47.3 Å². The Labute approximate surface area is 202 Å². The Kier molecular flexibility index (Phi) is 6.26. The molecule has 3 aromatic heterocycles. The molecule has 35 heavy (non-hydrogen) atoms. The first-order valence-electron chi connectivity index (χ1n) is 11.6. The lowest BCUT2D eigenvalue weighted by molar-refractivity contribution is -0.143. The van der Waals surface area contributed by atoms with Gasteiger partial charge >= 0.3 is 5.97 Å². The summed E-state index contributed by atoms with van der Waals surface area (Å²) in [6.45, 7) is 1.87. The monoisotopic (exact) mass is 474 g/mol. The molecule has 1 aliphatic rings. The van der Waals surface area contributed by atoms with Gasteiger partial charge in [0.1, 0.15) is 11.4 Å². The number of benzene rings is 1. The summed E-state index contributed by atoms with van der Waals surface area (Å²) in [5, 5.41) is 22.0. The molecule has 1 aliphatic carbocycles. The van der Waals surface area contributed by atoms with Crippen molar-refractivity contribution in [3.05, 3.63) is 59.7 Å². The maximum Gasteiger partial charge on any atom is 0.306 e. The fourth-order valence-electron chi connectivity index (χ4n) is 4.41. The number of aryl methyl sites for hydroxylation is 2. The molecule has 1 fully saturated rings. The maximum atomic E-state index is 11.4. The summed E-state index contributed by atoms with van der Waals surface area (Å²) in [7, 11) is 1.82. The average Bonchev–Trinajstić information content (AvgIpc) is 3.48. The van der Waals surface area contributed by atoms with Gasteiger partial charge in [-0.1, -0.05) is 28.6 Å². The number of carbonyl (C=O) groups is 1. The first-order valence-corrected chi connectivity index (χ1v) is 11.6. The third kappa shape index (κ3) is 4.91. The molecular formula is C25H26N6O4. The van der Waals surface area contributed by atoms with Gasteiger partial charge in [0.15, 0.2) is 5.82 Å². The lowest BCUT2D eigenvalue weighted by Crippen LogP contribution is -2.29. The summed E-state index contributed by atoms with van der Waals surface area (Å²) in [5.41, 5.74) is 3.67. The van der Waals surface area contributed by atoms with E-state index in [4.69, 9.17) is 14.2 Å². The molecule has 1 saturated carbocycles. The number of rotatable bonds is 7. The molecule has 1 N–H and O–H groups in total. The summed E-state index contributed by atoms with van der Waals surface area (Å²) in [5.74, 6) is 0.533. The van der Waals surface area contributed by atoms with Gasteiger partial charge in [0.05, 0.1) is 35.5 Å². The van der Waals surface area contributed by atoms with Crippen LogP contribution in [0.4, 0.5) is 0 Å².